The van der Waals surface area contributed by atoms with Crippen molar-refractivity contribution in [3.63, 3.8) is 0 Å². The number of hydrogen-bond acceptors (Lipinski definition) is 5. The first kappa shape index (κ1) is 9.60. The zero-order valence-corrected chi connectivity index (χ0v) is 8.40. The van der Waals surface area contributed by atoms with E-state index in [9.17, 15) is 10.1 Å². The van der Waals surface area contributed by atoms with Gasteiger partial charge in [0.25, 0.3) is 0 Å². The zero-order valence-electron chi connectivity index (χ0n) is 7.58. The Morgan fingerprint density at radius 1 is 1.33 bits per heavy atom. The Balaban J connectivity index is 2.25. The van der Waals surface area contributed by atoms with E-state index >= 15 is 0 Å². The number of hydrogen-bond donors (Lipinski definition) is 1. The lowest BCUT2D eigenvalue weighted by molar-refractivity contribution is -0.379. The Morgan fingerprint density at radius 3 is 2.73 bits per heavy atom. The molecule has 0 aliphatic carbocycles. The summed E-state index contributed by atoms with van der Waals surface area (Å²) < 4.78 is 0. The van der Waals surface area contributed by atoms with E-state index in [0.29, 0.717) is 0 Å². The molecule has 0 fully saturated rings. The van der Waals surface area contributed by atoms with E-state index in [1.165, 1.54) is 5.51 Å². The standard InChI is InChI=1S/C9H7N3O2S/c13-12(14)9-8(10-6-15-9)11-7-4-2-1-3-5-7/h1-6,11H. The van der Waals surface area contributed by atoms with Crippen LogP contribution < -0.4 is 5.32 Å². The Morgan fingerprint density at radius 2 is 2.07 bits per heavy atom. The first-order chi connectivity index (χ1) is 7.27. The summed E-state index contributed by atoms with van der Waals surface area (Å²) in [5.74, 6) is 0.288. The maximum Gasteiger partial charge on any atom is 0.367 e. The highest BCUT2D eigenvalue weighted by Gasteiger charge is 2.16. The van der Waals surface area contributed by atoms with E-state index < -0.39 is 4.92 Å². The van der Waals surface area contributed by atoms with E-state index in [-0.39, 0.29) is 10.8 Å². The van der Waals surface area contributed by atoms with Gasteiger partial charge in [0.1, 0.15) is 0 Å². The van der Waals surface area contributed by atoms with Crippen molar-refractivity contribution in [2.45, 2.75) is 0 Å². The van der Waals surface area contributed by atoms with Crippen LogP contribution in [0.4, 0.5) is 16.5 Å². The predicted octanol–water partition coefficient (Wildman–Crippen LogP) is 2.79. The molecule has 0 atom stereocenters. The smallest absolute Gasteiger partial charge is 0.334 e. The van der Waals surface area contributed by atoms with Crippen molar-refractivity contribution in [1.29, 1.82) is 0 Å². The molecule has 0 unspecified atom stereocenters. The van der Waals surface area contributed by atoms with Gasteiger partial charge in [-0.05, 0) is 23.5 Å². The number of nitrogens with one attached hydrogen (secondary N) is 1. The predicted molar refractivity (Wildman–Crippen MR) is 58.5 cm³/mol. The van der Waals surface area contributed by atoms with Crippen molar-refractivity contribution in [2.75, 3.05) is 5.32 Å². The lowest BCUT2D eigenvalue weighted by Gasteiger charge is -2.00. The summed E-state index contributed by atoms with van der Waals surface area (Å²) in [5.41, 5.74) is 2.23. The van der Waals surface area contributed by atoms with Gasteiger partial charge in [-0.25, -0.2) is 4.98 Å². The van der Waals surface area contributed by atoms with Crippen LogP contribution in [-0.2, 0) is 0 Å². The van der Waals surface area contributed by atoms with Crippen molar-refractivity contribution in [3.8, 4) is 0 Å². The molecule has 0 aliphatic heterocycles. The fourth-order valence-corrected chi connectivity index (χ4v) is 1.67. The third kappa shape index (κ3) is 2.10. The van der Waals surface area contributed by atoms with Crippen LogP contribution in [0.3, 0.4) is 0 Å². The summed E-state index contributed by atoms with van der Waals surface area (Å²) in [5, 5.41) is 13.5. The summed E-state index contributed by atoms with van der Waals surface area (Å²) >= 11 is 1.00. The van der Waals surface area contributed by atoms with Crippen molar-refractivity contribution in [2.24, 2.45) is 0 Å². The van der Waals surface area contributed by atoms with E-state index in [1.807, 2.05) is 30.3 Å². The largest absolute Gasteiger partial charge is 0.367 e. The monoisotopic (exact) mass is 221 g/mol. The van der Waals surface area contributed by atoms with Gasteiger partial charge in [-0.15, -0.1) is 0 Å². The highest BCUT2D eigenvalue weighted by molar-refractivity contribution is 7.13. The van der Waals surface area contributed by atoms with E-state index in [2.05, 4.69) is 10.3 Å². The molecule has 2 aromatic rings. The fourth-order valence-electron chi connectivity index (χ4n) is 1.11. The van der Waals surface area contributed by atoms with Crippen molar-refractivity contribution >= 4 is 27.8 Å². The zero-order chi connectivity index (χ0) is 10.7. The Kier molecular flexibility index (Phi) is 2.59. The average molecular weight is 221 g/mol. The molecule has 0 spiro atoms. The summed E-state index contributed by atoms with van der Waals surface area (Å²) in [4.78, 5) is 14.1. The third-order valence-corrected chi connectivity index (χ3v) is 2.53. The van der Waals surface area contributed by atoms with Gasteiger partial charge in [0, 0.05) is 5.69 Å². The normalized spacial score (nSPS) is 9.87. The van der Waals surface area contributed by atoms with E-state index in [0.717, 1.165) is 17.0 Å². The maximum absolute atomic E-state index is 10.6. The van der Waals surface area contributed by atoms with Crippen LogP contribution in [0.15, 0.2) is 35.8 Å². The summed E-state index contributed by atoms with van der Waals surface area (Å²) in [7, 11) is 0. The van der Waals surface area contributed by atoms with Crippen LogP contribution >= 0.6 is 11.3 Å². The Bertz CT molecular complexity index is 469. The highest BCUT2D eigenvalue weighted by atomic mass is 32.1. The van der Waals surface area contributed by atoms with Gasteiger partial charge in [-0.3, -0.25) is 10.1 Å². The van der Waals surface area contributed by atoms with E-state index in [4.69, 9.17) is 0 Å². The molecule has 0 radical (unpaired) electrons. The minimum absolute atomic E-state index is 0.0267. The van der Waals surface area contributed by atoms with Crippen LogP contribution in [-0.4, -0.2) is 9.91 Å². The van der Waals surface area contributed by atoms with Gasteiger partial charge >= 0.3 is 5.00 Å². The molecule has 0 aliphatic rings. The molecule has 15 heavy (non-hydrogen) atoms. The summed E-state index contributed by atoms with van der Waals surface area (Å²) in [6, 6.07) is 9.22. The van der Waals surface area contributed by atoms with Gasteiger partial charge in [-0.2, -0.15) is 0 Å². The lowest BCUT2D eigenvalue weighted by Crippen LogP contribution is -1.94. The first-order valence-electron chi connectivity index (χ1n) is 4.17. The van der Waals surface area contributed by atoms with Crippen molar-refractivity contribution in [3.05, 3.63) is 46.0 Å². The molecule has 0 saturated carbocycles. The number of thiazole rings is 1. The molecule has 1 N–H and O–H groups in total. The number of benzene rings is 1. The van der Waals surface area contributed by atoms with Crippen LogP contribution in [0.5, 0.6) is 0 Å². The molecule has 0 bridgehead atoms. The molecule has 1 aromatic carbocycles. The Labute approximate surface area is 89.6 Å². The number of anilines is 2. The van der Waals surface area contributed by atoms with Gasteiger partial charge < -0.3 is 5.32 Å². The molecular weight excluding hydrogens is 214 g/mol. The Hall–Kier alpha value is -1.95. The third-order valence-electron chi connectivity index (χ3n) is 1.75. The molecule has 1 heterocycles. The molecule has 6 heteroatoms. The second-order valence-corrected chi connectivity index (χ2v) is 3.59. The van der Waals surface area contributed by atoms with Crippen LogP contribution in [0, 0.1) is 10.1 Å². The second kappa shape index (κ2) is 4.05. The molecule has 76 valence electrons. The number of aromatic nitrogens is 1. The fraction of sp³-hybridized carbons (Fsp3) is 0. The number of nitro groups is 1. The first-order valence-corrected chi connectivity index (χ1v) is 5.05. The molecule has 1 aromatic heterocycles. The van der Waals surface area contributed by atoms with Gasteiger partial charge in [0.2, 0.25) is 5.82 Å². The number of rotatable bonds is 3. The molecule has 0 saturated heterocycles. The van der Waals surface area contributed by atoms with Gasteiger partial charge in [0.15, 0.2) is 0 Å². The van der Waals surface area contributed by atoms with Gasteiger partial charge in [0.05, 0.1) is 10.4 Å². The van der Waals surface area contributed by atoms with Gasteiger partial charge in [-0.1, -0.05) is 18.2 Å². The van der Waals surface area contributed by atoms with Crippen LogP contribution in [0.1, 0.15) is 0 Å². The minimum Gasteiger partial charge on any atom is -0.334 e. The van der Waals surface area contributed by atoms with Crippen molar-refractivity contribution < 1.29 is 4.92 Å². The minimum atomic E-state index is -0.442. The molecular formula is C9H7N3O2S. The maximum atomic E-state index is 10.6. The highest BCUT2D eigenvalue weighted by Crippen LogP contribution is 2.29. The molecule has 0 amide bonds. The quantitative estimate of drug-likeness (QED) is 0.639. The SMILES string of the molecule is O=[N+]([O-])c1scnc1Nc1ccccc1. The van der Waals surface area contributed by atoms with Crippen LogP contribution in [0.25, 0.3) is 0 Å². The second-order valence-electron chi connectivity index (χ2n) is 2.75. The molecule has 2 rings (SSSR count). The topological polar surface area (TPSA) is 68.1 Å². The lowest BCUT2D eigenvalue weighted by atomic mass is 10.3. The van der Waals surface area contributed by atoms with Crippen LogP contribution in [0.2, 0.25) is 0 Å². The summed E-state index contributed by atoms with van der Waals surface area (Å²) in [6.45, 7) is 0. The average Bonchev–Trinajstić information content (AvgIpc) is 2.67. The molecule has 5 nitrogen and oxygen atoms in total. The number of nitrogens with zero attached hydrogens (tertiary/aromatic N) is 2. The summed E-state index contributed by atoms with van der Waals surface area (Å²) in [6.07, 6.45) is 0. The van der Waals surface area contributed by atoms with E-state index in [1.54, 1.807) is 0 Å². The number of para-hydroxylation sites is 1. The van der Waals surface area contributed by atoms with Crippen molar-refractivity contribution in [1.82, 2.24) is 4.98 Å².